The molecule has 0 saturated heterocycles. The number of carbonyl (C=O) groups is 1. The molecule has 7 nitrogen and oxygen atoms in total. The van der Waals surface area contributed by atoms with Crippen LogP contribution in [0.2, 0.25) is 0 Å². The van der Waals surface area contributed by atoms with Gasteiger partial charge in [0.1, 0.15) is 11.5 Å². The van der Waals surface area contributed by atoms with Crippen LogP contribution in [0, 0.1) is 5.92 Å². The Morgan fingerprint density at radius 2 is 1.73 bits per heavy atom. The number of H-pyrrole nitrogens is 1. The van der Waals surface area contributed by atoms with Gasteiger partial charge in [0.15, 0.2) is 0 Å². The number of aromatic amines is 1. The summed E-state index contributed by atoms with van der Waals surface area (Å²) < 4.78 is 34.2. The fourth-order valence-electron chi connectivity index (χ4n) is 2.42. The molecule has 0 radical (unpaired) electrons. The van der Waals surface area contributed by atoms with Crippen LogP contribution in [0.15, 0.2) is 36.4 Å². The fourth-order valence-corrected chi connectivity index (χ4v) is 3.16. The summed E-state index contributed by atoms with van der Waals surface area (Å²) in [5.74, 6) is 0.335. The largest absolute Gasteiger partial charge is 0.365 e. The van der Waals surface area contributed by atoms with E-state index in [4.69, 9.17) is 0 Å². The van der Waals surface area contributed by atoms with Crippen LogP contribution >= 0.6 is 0 Å². The SMILES string of the molecule is CC(C)CNC(=O)c1ccc(N(c2ccc(C(C)C)cc2)S(=O)(=O)O)[nH]1. The van der Waals surface area contributed by atoms with E-state index in [2.05, 4.69) is 10.3 Å². The third-order valence-electron chi connectivity index (χ3n) is 3.83. The predicted molar refractivity (Wildman–Crippen MR) is 102 cm³/mol. The summed E-state index contributed by atoms with van der Waals surface area (Å²) in [6, 6.07) is 9.75. The fraction of sp³-hybridized carbons (Fsp3) is 0.389. The molecule has 1 aromatic carbocycles. The second kappa shape index (κ2) is 7.92. The van der Waals surface area contributed by atoms with Crippen molar-refractivity contribution in [3.63, 3.8) is 0 Å². The number of anilines is 2. The molecule has 3 N–H and O–H groups in total. The highest BCUT2D eigenvalue weighted by atomic mass is 32.2. The Balaban J connectivity index is 2.33. The lowest BCUT2D eigenvalue weighted by molar-refractivity contribution is 0.0944. The molecule has 0 spiro atoms. The van der Waals surface area contributed by atoms with Crippen LogP contribution in [-0.2, 0) is 10.3 Å². The van der Waals surface area contributed by atoms with Crippen LogP contribution in [0.5, 0.6) is 0 Å². The first kappa shape index (κ1) is 20.0. The molecule has 1 aromatic heterocycles. The molecule has 0 aliphatic carbocycles. The minimum Gasteiger partial charge on any atom is -0.351 e. The maximum Gasteiger partial charge on any atom is 0.365 e. The summed E-state index contributed by atoms with van der Waals surface area (Å²) in [5, 5.41) is 2.75. The quantitative estimate of drug-likeness (QED) is 0.641. The first-order valence-corrected chi connectivity index (χ1v) is 9.84. The van der Waals surface area contributed by atoms with E-state index in [1.165, 1.54) is 12.1 Å². The van der Waals surface area contributed by atoms with Crippen molar-refractivity contribution in [2.24, 2.45) is 5.92 Å². The van der Waals surface area contributed by atoms with Gasteiger partial charge in [0, 0.05) is 6.54 Å². The number of rotatable bonds is 7. The van der Waals surface area contributed by atoms with Gasteiger partial charge in [-0.25, -0.2) is 4.31 Å². The van der Waals surface area contributed by atoms with Gasteiger partial charge in [0.2, 0.25) is 0 Å². The maximum atomic E-state index is 12.1. The summed E-state index contributed by atoms with van der Waals surface area (Å²) in [5.41, 5.74) is 1.53. The first-order chi connectivity index (χ1) is 12.1. The summed E-state index contributed by atoms with van der Waals surface area (Å²) in [6.45, 7) is 8.51. The number of aromatic nitrogens is 1. The average molecular weight is 379 g/mol. The van der Waals surface area contributed by atoms with Crippen molar-refractivity contribution in [2.75, 3.05) is 10.8 Å². The smallest absolute Gasteiger partial charge is 0.351 e. The Kier molecular flexibility index (Phi) is 6.09. The average Bonchev–Trinajstić information content (AvgIpc) is 3.01. The van der Waals surface area contributed by atoms with E-state index >= 15 is 0 Å². The Morgan fingerprint density at radius 1 is 1.12 bits per heavy atom. The topological polar surface area (TPSA) is 102 Å². The van der Waals surface area contributed by atoms with Gasteiger partial charge < -0.3 is 10.3 Å². The highest BCUT2D eigenvalue weighted by molar-refractivity contribution is 7.87. The molecule has 0 fully saturated rings. The van der Waals surface area contributed by atoms with Crippen molar-refractivity contribution in [1.29, 1.82) is 0 Å². The molecule has 2 rings (SSSR count). The summed E-state index contributed by atoms with van der Waals surface area (Å²) in [6.07, 6.45) is 0. The normalized spacial score (nSPS) is 11.8. The zero-order chi connectivity index (χ0) is 19.5. The lowest BCUT2D eigenvalue weighted by Gasteiger charge is -2.20. The van der Waals surface area contributed by atoms with Gasteiger partial charge in [-0.2, -0.15) is 8.42 Å². The molecule has 142 valence electrons. The second-order valence-corrected chi connectivity index (χ2v) is 8.11. The van der Waals surface area contributed by atoms with E-state index in [1.54, 1.807) is 24.3 Å². The molecular weight excluding hydrogens is 354 g/mol. The number of benzene rings is 1. The molecule has 2 aromatic rings. The van der Waals surface area contributed by atoms with Crippen LogP contribution in [-0.4, -0.2) is 30.4 Å². The Hall–Kier alpha value is -2.32. The van der Waals surface area contributed by atoms with Gasteiger partial charge in [-0.1, -0.05) is 39.8 Å². The van der Waals surface area contributed by atoms with Crippen molar-refractivity contribution in [2.45, 2.75) is 33.6 Å². The number of nitrogens with one attached hydrogen (secondary N) is 2. The Bertz CT molecular complexity index is 855. The van der Waals surface area contributed by atoms with Crippen molar-refractivity contribution in [3.8, 4) is 0 Å². The maximum absolute atomic E-state index is 12.1. The van der Waals surface area contributed by atoms with Crippen molar-refractivity contribution in [1.82, 2.24) is 10.3 Å². The van der Waals surface area contributed by atoms with E-state index in [9.17, 15) is 17.8 Å². The van der Waals surface area contributed by atoms with E-state index in [0.717, 1.165) is 9.87 Å². The van der Waals surface area contributed by atoms with Crippen LogP contribution in [0.1, 0.15) is 49.7 Å². The number of hydrogen-bond donors (Lipinski definition) is 3. The van der Waals surface area contributed by atoms with Gasteiger partial charge in [-0.3, -0.25) is 9.35 Å². The Labute approximate surface area is 154 Å². The van der Waals surface area contributed by atoms with Crippen LogP contribution in [0.4, 0.5) is 11.5 Å². The highest BCUT2D eigenvalue weighted by Gasteiger charge is 2.24. The molecule has 0 atom stereocenters. The third kappa shape index (κ3) is 4.86. The minimum atomic E-state index is -4.57. The van der Waals surface area contributed by atoms with Crippen LogP contribution < -0.4 is 9.62 Å². The number of amides is 1. The van der Waals surface area contributed by atoms with E-state index in [0.29, 0.717) is 18.4 Å². The van der Waals surface area contributed by atoms with Crippen molar-refractivity contribution >= 4 is 27.7 Å². The summed E-state index contributed by atoms with van der Waals surface area (Å²) in [7, 11) is -4.57. The minimum absolute atomic E-state index is 0.0829. The van der Waals surface area contributed by atoms with Crippen LogP contribution in [0.25, 0.3) is 0 Å². The van der Waals surface area contributed by atoms with Crippen LogP contribution in [0.3, 0.4) is 0 Å². The molecule has 1 amide bonds. The Morgan fingerprint density at radius 3 is 2.23 bits per heavy atom. The molecule has 8 heteroatoms. The lowest BCUT2D eigenvalue weighted by atomic mass is 10.0. The van der Waals surface area contributed by atoms with Gasteiger partial charge in [0.25, 0.3) is 5.91 Å². The molecule has 26 heavy (non-hydrogen) atoms. The predicted octanol–water partition coefficient (Wildman–Crippen LogP) is 3.46. The van der Waals surface area contributed by atoms with E-state index < -0.39 is 10.3 Å². The summed E-state index contributed by atoms with van der Waals surface area (Å²) in [4.78, 5) is 14.9. The second-order valence-electron chi connectivity index (χ2n) is 6.85. The molecule has 0 unspecified atom stereocenters. The van der Waals surface area contributed by atoms with Crippen molar-refractivity contribution in [3.05, 3.63) is 47.7 Å². The molecule has 0 aliphatic heterocycles. The third-order valence-corrected chi connectivity index (χ3v) is 4.70. The van der Waals surface area contributed by atoms with Gasteiger partial charge >= 0.3 is 10.3 Å². The molecule has 0 saturated carbocycles. The van der Waals surface area contributed by atoms with Gasteiger partial charge in [-0.15, -0.1) is 0 Å². The zero-order valence-corrected chi connectivity index (χ0v) is 16.2. The lowest BCUT2D eigenvalue weighted by Crippen LogP contribution is -2.28. The molecule has 0 bridgehead atoms. The summed E-state index contributed by atoms with van der Waals surface area (Å²) >= 11 is 0. The molecule has 0 aliphatic rings. The standard InChI is InChI=1S/C18H25N3O4S/c1-12(2)11-19-18(22)16-9-10-17(20-16)21(26(23,24)25)15-7-5-14(6-8-15)13(3)4/h5-10,12-13,20H,11H2,1-4H3,(H,19,22)(H,23,24,25). The first-order valence-electron chi connectivity index (χ1n) is 8.44. The van der Waals surface area contributed by atoms with Gasteiger partial charge in [0.05, 0.1) is 5.69 Å². The molecule has 1 heterocycles. The number of carbonyl (C=O) groups excluding carboxylic acids is 1. The van der Waals surface area contributed by atoms with E-state index in [-0.39, 0.29) is 23.1 Å². The monoisotopic (exact) mass is 379 g/mol. The molecular formula is C18H25N3O4S. The van der Waals surface area contributed by atoms with Crippen molar-refractivity contribution < 1.29 is 17.8 Å². The number of hydrogen-bond acceptors (Lipinski definition) is 3. The van der Waals surface area contributed by atoms with Gasteiger partial charge in [-0.05, 0) is 41.7 Å². The number of nitrogens with zero attached hydrogens (tertiary/aromatic N) is 1. The van der Waals surface area contributed by atoms with E-state index in [1.807, 2.05) is 27.7 Å². The zero-order valence-electron chi connectivity index (χ0n) is 15.4. The highest BCUT2D eigenvalue weighted by Crippen LogP contribution is 2.29.